The Morgan fingerprint density at radius 3 is 3.07 bits per heavy atom. The Labute approximate surface area is 79.2 Å². The van der Waals surface area contributed by atoms with Gasteiger partial charge in [0.1, 0.15) is 6.33 Å². The first-order valence-electron chi connectivity index (χ1n) is 4.06. The lowest BCUT2D eigenvalue weighted by Gasteiger charge is -2.06. The van der Waals surface area contributed by atoms with Gasteiger partial charge in [-0.15, -0.1) is 0 Å². The molecule has 0 spiro atoms. The standard InChI is InChI=1S/C8H8N4O2/c1-5(8(13)14)6-2-9-3-7-10-4-11-12(6)7/h2-5H,1H3,(H,13,14). The van der Waals surface area contributed by atoms with Gasteiger partial charge in [-0.1, -0.05) is 0 Å². The monoisotopic (exact) mass is 192 g/mol. The number of rotatable bonds is 2. The number of carboxylic acid groups (broad SMARTS) is 1. The zero-order valence-electron chi connectivity index (χ0n) is 7.45. The van der Waals surface area contributed by atoms with E-state index in [-0.39, 0.29) is 0 Å². The Balaban J connectivity index is 2.61. The van der Waals surface area contributed by atoms with E-state index in [2.05, 4.69) is 15.1 Å². The Morgan fingerprint density at radius 1 is 1.57 bits per heavy atom. The van der Waals surface area contributed by atoms with Gasteiger partial charge in [0.2, 0.25) is 0 Å². The van der Waals surface area contributed by atoms with Crippen LogP contribution < -0.4 is 0 Å². The van der Waals surface area contributed by atoms with Crippen molar-refractivity contribution in [3.05, 3.63) is 24.4 Å². The van der Waals surface area contributed by atoms with E-state index >= 15 is 0 Å². The number of hydrogen-bond acceptors (Lipinski definition) is 4. The van der Waals surface area contributed by atoms with Crippen LogP contribution in [0, 0.1) is 0 Å². The first kappa shape index (κ1) is 8.61. The molecule has 0 aliphatic rings. The van der Waals surface area contributed by atoms with Crippen molar-refractivity contribution >= 4 is 11.6 Å². The van der Waals surface area contributed by atoms with Gasteiger partial charge in [-0.2, -0.15) is 5.10 Å². The minimum Gasteiger partial charge on any atom is -0.481 e. The molecule has 0 saturated heterocycles. The highest BCUT2D eigenvalue weighted by molar-refractivity contribution is 5.75. The van der Waals surface area contributed by atoms with Crippen LogP contribution in [-0.2, 0) is 4.79 Å². The summed E-state index contributed by atoms with van der Waals surface area (Å²) >= 11 is 0. The van der Waals surface area contributed by atoms with Crippen molar-refractivity contribution in [1.29, 1.82) is 0 Å². The number of carboxylic acids is 1. The van der Waals surface area contributed by atoms with E-state index in [0.29, 0.717) is 11.3 Å². The molecule has 0 aliphatic heterocycles. The summed E-state index contributed by atoms with van der Waals surface area (Å²) in [7, 11) is 0. The number of aromatic nitrogens is 4. The molecule has 6 nitrogen and oxygen atoms in total. The highest BCUT2D eigenvalue weighted by Gasteiger charge is 2.17. The summed E-state index contributed by atoms with van der Waals surface area (Å²) in [6.45, 7) is 1.58. The minimum atomic E-state index is -0.908. The van der Waals surface area contributed by atoms with Gasteiger partial charge in [-0.3, -0.25) is 9.78 Å². The highest BCUT2D eigenvalue weighted by atomic mass is 16.4. The van der Waals surface area contributed by atoms with E-state index in [0.717, 1.165) is 0 Å². The van der Waals surface area contributed by atoms with Gasteiger partial charge in [0.15, 0.2) is 5.65 Å². The zero-order valence-corrected chi connectivity index (χ0v) is 7.45. The van der Waals surface area contributed by atoms with Crippen LogP contribution in [0.25, 0.3) is 5.65 Å². The van der Waals surface area contributed by atoms with Crippen LogP contribution >= 0.6 is 0 Å². The smallest absolute Gasteiger partial charge is 0.312 e. The average Bonchev–Trinajstić information content (AvgIpc) is 2.63. The van der Waals surface area contributed by atoms with Crippen LogP contribution in [0.15, 0.2) is 18.7 Å². The molecular weight excluding hydrogens is 184 g/mol. The lowest BCUT2D eigenvalue weighted by atomic mass is 10.1. The number of nitrogens with zero attached hydrogens (tertiary/aromatic N) is 4. The van der Waals surface area contributed by atoms with Crippen LogP contribution in [-0.4, -0.2) is 30.7 Å². The summed E-state index contributed by atoms with van der Waals surface area (Å²) in [5.74, 6) is -1.55. The molecule has 0 radical (unpaired) electrons. The van der Waals surface area contributed by atoms with Gasteiger partial charge in [-0.25, -0.2) is 9.50 Å². The summed E-state index contributed by atoms with van der Waals surface area (Å²) < 4.78 is 1.48. The molecule has 2 aromatic heterocycles. The van der Waals surface area contributed by atoms with Gasteiger partial charge in [0.25, 0.3) is 0 Å². The molecule has 1 N–H and O–H groups in total. The summed E-state index contributed by atoms with van der Waals surface area (Å²) in [5, 5.41) is 12.8. The molecule has 2 rings (SSSR count). The van der Waals surface area contributed by atoms with E-state index in [1.165, 1.54) is 23.2 Å². The van der Waals surface area contributed by atoms with Crippen molar-refractivity contribution in [3.8, 4) is 0 Å². The minimum absolute atomic E-state index is 0.521. The Hall–Kier alpha value is -1.98. The van der Waals surface area contributed by atoms with Gasteiger partial charge < -0.3 is 5.11 Å². The van der Waals surface area contributed by atoms with Crippen LogP contribution in [0.2, 0.25) is 0 Å². The van der Waals surface area contributed by atoms with Gasteiger partial charge in [-0.05, 0) is 6.92 Å². The number of hydrogen-bond donors (Lipinski definition) is 1. The molecule has 0 aromatic carbocycles. The predicted octanol–water partition coefficient (Wildman–Crippen LogP) is 0.312. The quantitative estimate of drug-likeness (QED) is 0.740. The van der Waals surface area contributed by atoms with Crippen molar-refractivity contribution in [2.45, 2.75) is 12.8 Å². The third kappa shape index (κ3) is 1.20. The second kappa shape index (κ2) is 3.06. The lowest BCUT2D eigenvalue weighted by molar-refractivity contribution is -0.138. The highest BCUT2D eigenvalue weighted by Crippen LogP contribution is 2.13. The summed E-state index contributed by atoms with van der Waals surface area (Å²) in [6, 6.07) is 0. The molecule has 0 aliphatic carbocycles. The average molecular weight is 192 g/mol. The van der Waals surface area contributed by atoms with E-state index in [9.17, 15) is 4.79 Å². The maximum absolute atomic E-state index is 10.8. The Bertz CT molecular complexity index is 479. The molecule has 2 heterocycles. The Kier molecular flexibility index (Phi) is 1.88. The molecule has 14 heavy (non-hydrogen) atoms. The molecule has 0 bridgehead atoms. The summed E-state index contributed by atoms with van der Waals surface area (Å²) in [4.78, 5) is 18.6. The lowest BCUT2D eigenvalue weighted by Crippen LogP contribution is -2.12. The van der Waals surface area contributed by atoms with Crippen molar-refractivity contribution in [1.82, 2.24) is 19.6 Å². The van der Waals surface area contributed by atoms with Crippen molar-refractivity contribution in [3.63, 3.8) is 0 Å². The second-order valence-corrected chi connectivity index (χ2v) is 2.92. The molecule has 72 valence electrons. The molecular formula is C8H8N4O2. The predicted molar refractivity (Wildman–Crippen MR) is 46.8 cm³/mol. The van der Waals surface area contributed by atoms with Crippen LogP contribution in [0.5, 0.6) is 0 Å². The zero-order chi connectivity index (χ0) is 10.1. The Morgan fingerprint density at radius 2 is 2.36 bits per heavy atom. The molecule has 0 amide bonds. The molecule has 1 unspecified atom stereocenters. The topological polar surface area (TPSA) is 80.4 Å². The van der Waals surface area contributed by atoms with Gasteiger partial charge in [0, 0.05) is 6.20 Å². The second-order valence-electron chi connectivity index (χ2n) is 2.92. The molecule has 6 heteroatoms. The molecule has 1 atom stereocenters. The summed E-state index contributed by atoms with van der Waals surface area (Å²) in [5.41, 5.74) is 1.07. The van der Waals surface area contributed by atoms with E-state index in [4.69, 9.17) is 5.11 Å². The first-order chi connectivity index (χ1) is 6.70. The van der Waals surface area contributed by atoms with Gasteiger partial charge >= 0.3 is 5.97 Å². The van der Waals surface area contributed by atoms with E-state index in [1.54, 1.807) is 6.92 Å². The number of carbonyl (C=O) groups is 1. The maximum atomic E-state index is 10.8. The van der Waals surface area contributed by atoms with Gasteiger partial charge in [0.05, 0.1) is 17.8 Å². The van der Waals surface area contributed by atoms with Crippen LogP contribution in [0.3, 0.4) is 0 Å². The third-order valence-corrected chi connectivity index (χ3v) is 2.03. The first-order valence-corrected chi connectivity index (χ1v) is 4.06. The molecule has 2 aromatic rings. The van der Waals surface area contributed by atoms with Crippen molar-refractivity contribution in [2.75, 3.05) is 0 Å². The normalized spacial score (nSPS) is 12.9. The van der Waals surface area contributed by atoms with E-state index < -0.39 is 11.9 Å². The number of aliphatic carboxylic acids is 1. The molecule has 0 fully saturated rings. The van der Waals surface area contributed by atoms with Crippen LogP contribution in [0.4, 0.5) is 0 Å². The SMILES string of the molecule is CC(C(=O)O)c1cncc2ncnn12. The maximum Gasteiger partial charge on any atom is 0.312 e. The van der Waals surface area contributed by atoms with E-state index in [1.807, 2.05) is 0 Å². The van der Waals surface area contributed by atoms with Crippen LogP contribution in [0.1, 0.15) is 18.5 Å². The summed E-state index contributed by atoms with van der Waals surface area (Å²) in [6.07, 6.45) is 4.39. The number of fused-ring (bicyclic) bond motifs is 1. The van der Waals surface area contributed by atoms with Crippen molar-refractivity contribution < 1.29 is 9.90 Å². The van der Waals surface area contributed by atoms with Crippen molar-refractivity contribution in [2.24, 2.45) is 0 Å². The fourth-order valence-electron chi connectivity index (χ4n) is 1.19. The largest absolute Gasteiger partial charge is 0.481 e. The third-order valence-electron chi connectivity index (χ3n) is 2.03. The molecule has 0 saturated carbocycles. The fourth-order valence-corrected chi connectivity index (χ4v) is 1.19. The fraction of sp³-hybridized carbons (Fsp3) is 0.250.